The number of rotatable bonds is 4. The molecule has 0 saturated carbocycles. The second-order valence-corrected chi connectivity index (χ2v) is 5.51. The third-order valence-corrected chi connectivity index (χ3v) is 3.15. The van der Waals surface area contributed by atoms with Gasteiger partial charge in [0.25, 0.3) is 0 Å². The highest BCUT2D eigenvalue weighted by molar-refractivity contribution is 5.69. The molecule has 0 bridgehead atoms. The van der Waals surface area contributed by atoms with E-state index in [1.54, 1.807) is 26.2 Å². The largest absolute Gasteiger partial charge is 0.443 e. The van der Waals surface area contributed by atoms with Gasteiger partial charge in [-0.25, -0.2) is 4.79 Å². The Morgan fingerprint density at radius 3 is 2.43 bits per heavy atom. The van der Waals surface area contributed by atoms with Gasteiger partial charge in [0.15, 0.2) is 0 Å². The fourth-order valence-corrected chi connectivity index (χ4v) is 2.25. The maximum absolute atomic E-state index is 10.9. The zero-order valence-corrected chi connectivity index (χ0v) is 12.2. The summed E-state index contributed by atoms with van der Waals surface area (Å²) in [4.78, 5) is 14.9. The average Bonchev–Trinajstić information content (AvgIpc) is 2.40. The number of carbonyl (C=O) groups excluding carboxylic acids is 1. The molecular weight excluding hydrogens is 266 g/mol. The Bertz CT molecular complexity index is 639. The lowest BCUT2D eigenvalue weighted by Gasteiger charge is -2.24. The molecule has 0 aliphatic carbocycles. The van der Waals surface area contributed by atoms with Crippen molar-refractivity contribution in [2.24, 2.45) is 5.73 Å². The Balaban J connectivity index is 2.22. The smallest absolute Gasteiger partial charge is 0.405 e. The predicted molar refractivity (Wildman–Crippen MR) is 82.5 cm³/mol. The molecule has 1 heterocycles. The third-order valence-electron chi connectivity index (χ3n) is 3.15. The highest BCUT2D eigenvalue weighted by Crippen LogP contribution is 2.27. The van der Waals surface area contributed by atoms with E-state index in [4.69, 9.17) is 16.2 Å². The van der Waals surface area contributed by atoms with E-state index >= 15 is 0 Å². The lowest BCUT2D eigenvalue weighted by atomic mass is 9.95. The van der Waals surface area contributed by atoms with Crippen molar-refractivity contribution in [2.45, 2.75) is 25.9 Å². The molecule has 2 aromatic rings. The fraction of sp³-hybridized carbons (Fsp3) is 0.250. The summed E-state index contributed by atoms with van der Waals surface area (Å²) in [7, 11) is 0. The van der Waals surface area contributed by atoms with E-state index in [1.165, 1.54) is 0 Å². The molecule has 2 rings (SSSR count). The number of amides is 1. The molecule has 4 N–H and O–H groups in total. The minimum Gasteiger partial charge on any atom is -0.443 e. The number of pyridine rings is 1. The van der Waals surface area contributed by atoms with E-state index in [9.17, 15) is 4.79 Å². The van der Waals surface area contributed by atoms with Crippen molar-refractivity contribution in [3.63, 3.8) is 0 Å². The van der Waals surface area contributed by atoms with Crippen LogP contribution in [0, 0.1) is 0 Å². The Kier molecular flexibility index (Phi) is 4.12. The van der Waals surface area contributed by atoms with Gasteiger partial charge in [0.2, 0.25) is 0 Å². The van der Waals surface area contributed by atoms with Crippen LogP contribution in [0.4, 0.5) is 10.5 Å². The highest BCUT2D eigenvalue weighted by Gasteiger charge is 2.23. The van der Waals surface area contributed by atoms with Gasteiger partial charge < -0.3 is 16.2 Å². The average molecular weight is 285 g/mol. The van der Waals surface area contributed by atoms with Gasteiger partial charge in [-0.15, -0.1) is 0 Å². The highest BCUT2D eigenvalue weighted by atomic mass is 16.6. The number of anilines is 1. The fourth-order valence-electron chi connectivity index (χ4n) is 2.25. The molecule has 0 fully saturated rings. The van der Waals surface area contributed by atoms with Crippen LogP contribution < -0.4 is 11.5 Å². The Hall–Kier alpha value is -2.56. The Labute approximate surface area is 123 Å². The molecule has 0 radical (unpaired) electrons. The van der Waals surface area contributed by atoms with Gasteiger partial charge in [0.1, 0.15) is 5.60 Å². The summed E-state index contributed by atoms with van der Waals surface area (Å²) in [5.74, 6) is 0. The summed E-state index contributed by atoms with van der Waals surface area (Å²) in [5, 5.41) is 0. The predicted octanol–water partition coefficient (Wildman–Crippen LogP) is 2.75. The Morgan fingerprint density at radius 1 is 1.19 bits per heavy atom. The van der Waals surface area contributed by atoms with Crippen LogP contribution in [0.25, 0.3) is 11.1 Å². The molecule has 0 spiro atoms. The molecule has 110 valence electrons. The Morgan fingerprint density at radius 2 is 1.86 bits per heavy atom. The van der Waals surface area contributed by atoms with Crippen molar-refractivity contribution in [3.05, 3.63) is 48.3 Å². The number of benzene rings is 1. The van der Waals surface area contributed by atoms with E-state index in [1.807, 2.05) is 30.3 Å². The number of nitrogens with two attached hydrogens (primary N) is 2. The molecule has 1 aromatic heterocycles. The van der Waals surface area contributed by atoms with E-state index in [2.05, 4.69) is 4.98 Å². The molecule has 0 unspecified atom stereocenters. The normalized spacial score (nSPS) is 11.1. The van der Waals surface area contributed by atoms with Gasteiger partial charge in [-0.2, -0.15) is 0 Å². The lowest BCUT2D eigenvalue weighted by Crippen LogP contribution is -2.33. The number of carbonyl (C=O) groups is 1. The minimum absolute atomic E-state index is 0.498. The van der Waals surface area contributed by atoms with Crippen molar-refractivity contribution >= 4 is 11.8 Å². The van der Waals surface area contributed by atoms with Crippen LogP contribution in [0.2, 0.25) is 0 Å². The quantitative estimate of drug-likeness (QED) is 0.845. The molecule has 1 amide bonds. The summed E-state index contributed by atoms with van der Waals surface area (Å²) in [6, 6.07) is 9.69. The van der Waals surface area contributed by atoms with E-state index in [-0.39, 0.29) is 0 Å². The summed E-state index contributed by atoms with van der Waals surface area (Å²) in [6.45, 7) is 3.60. The standard InChI is InChI=1S/C16H19N3O2/c1-16(2,21-15(18)20)10-13-4-3-12(9-14(13)17)11-5-7-19-8-6-11/h3-9H,10,17H2,1-2H3,(H2,18,20). The van der Waals surface area contributed by atoms with Gasteiger partial charge >= 0.3 is 6.09 Å². The molecule has 5 nitrogen and oxygen atoms in total. The van der Waals surface area contributed by atoms with Gasteiger partial charge in [-0.3, -0.25) is 4.98 Å². The second kappa shape index (κ2) is 5.83. The van der Waals surface area contributed by atoms with Crippen LogP contribution in [0.15, 0.2) is 42.7 Å². The molecule has 1 aromatic carbocycles. The number of hydrogen-bond donors (Lipinski definition) is 2. The minimum atomic E-state index is -0.785. The van der Waals surface area contributed by atoms with Crippen LogP contribution in [-0.2, 0) is 11.2 Å². The number of aromatic nitrogens is 1. The van der Waals surface area contributed by atoms with Crippen LogP contribution in [0.5, 0.6) is 0 Å². The summed E-state index contributed by atoms with van der Waals surface area (Å²) < 4.78 is 5.09. The van der Waals surface area contributed by atoms with Crippen LogP contribution >= 0.6 is 0 Å². The maximum Gasteiger partial charge on any atom is 0.405 e. The number of nitrogens with zero attached hydrogens (tertiary/aromatic N) is 1. The zero-order chi connectivity index (χ0) is 15.5. The van der Waals surface area contributed by atoms with Crippen molar-refractivity contribution in [2.75, 3.05) is 5.73 Å². The first-order valence-corrected chi connectivity index (χ1v) is 6.65. The lowest BCUT2D eigenvalue weighted by molar-refractivity contribution is 0.0461. The maximum atomic E-state index is 10.9. The van der Waals surface area contributed by atoms with Crippen LogP contribution in [0.1, 0.15) is 19.4 Å². The molecular formula is C16H19N3O2. The molecule has 0 aliphatic rings. The number of hydrogen-bond acceptors (Lipinski definition) is 4. The van der Waals surface area contributed by atoms with Crippen LogP contribution in [-0.4, -0.2) is 16.7 Å². The van der Waals surface area contributed by atoms with Gasteiger partial charge in [0, 0.05) is 24.5 Å². The van der Waals surface area contributed by atoms with E-state index < -0.39 is 11.7 Å². The molecule has 0 saturated heterocycles. The number of primary amides is 1. The third kappa shape index (κ3) is 3.95. The first-order valence-electron chi connectivity index (χ1n) is 6.65. The van der Waals surface area contributed by atoms with Gasteiger partial charge in [0.05, 0.1) is 0 Å². The van der Waals surface area contributed by atoms with Crippen LogP contribution in [0.3, 0.4) is 0 Å². The summed E-state index contributed by atoms with van der Waals surface area (Å²) in [6.07, 6.45) is 3.19. The van der Waals surface area contributed by atoms with E-state index in [0.29, 0.717) is 12.1 Å². The monoisotopic (exact) mass is 285 g/mol. The summed E-state index contributed by atoms with van der Waals surface area (Å²) >= 11 is 0. The zero-order valence-electron chi connectivity index (χ0n) is 12.2. The number of nitrogen functional groups attached to an aromatic ring is 1. The van der Waals surface area contributed by atoms with Crippen molar-refractivity contribution in [1.82, 2.24) is 4.98 Å². The SMILES string of the molecule is CC(C)(Cc1ccc(-c2ccncc2)cc1N)OC(N)=O. The van der Waals surface area contributed by atoms with Crippen molar-refractivity contribution in [1.29, 1.82) is 0 Å². The van der Waals surface area contributed by atoms with Gasteiger partial charge in [-0.05, 0) is 48.7 Å². The molecule has 5 heteroatoms. The molecule has 21 heavy (non-hydrogen) atoms. The van der Waals surface area contributed by atoms with Gasteiger partial charge in [-0.1, -0.05) is 12.1 Å². The van der Waals surface area contributed by atoms with Crippen molar-refractivity contribution in [3.8, 4) is 11.1 Å². The number of ether oxygens (including phenoxy) is 1. The van der Waals surface area contributed by atoms with Crippen molar-refractivity contribution < 1.29 is 9.53 Å². The summed E-state index contributed by atoms with van der Waals surface area (Å²) in [5.41, 5.74) is 14.1. The second-order valence-electron chi connectivity index (χ2n) is 5.51. The first-order chi connectivity index (χ1) is 9.87. The topological polar surface area (TPSA) is 91.2 Å². The molecule has 0 aliphatic heterocycles. The van der Waals surface area contributed by atoms with E-state index in [0.717, 1.165) is 16.7 Å². The first kappa shape index (κ1) is 14.8. The molecule has 0 atom stereocenters.